The lowest BCUT2D eigenvalue weighted by molar-refractivity contribution is 1.31. The van der Waals surface area contributed by atoms with Gasteiger partial charge in [0.1, 0.15) is 0 Å². The van der Waals surface area contributed by atoms with Gasteiger partial charge < -0.3 is 0 Å². The van der Waals surface area contributed by atoms with Crippen LogP contribution in [0.5, 0.6) is 0 Å². The smallest absolute Gasteiger partial charge is 0.0661 e. The molecule has 1 nitrogen and oxygen atoms in total. The standard InChI is InChI=1S/C27H24NP/c1-21-12-11-18-26(22(21)2)28-20-23-13-9-10-19-27(23)29(24-14-5-3-6-15-24)25-16-7-4-8-17-25/h3-20H,1-2H3. The molecule has 0 aliphatic heterocycles. The minimum absolute atomic E-state index is 0.652. The summed E-state index contributed by atoms with van der Waals surface area (Å²) < 4.78 is 0. The monoisotopic (exact) mass is 393 g/mol. The van der Waals surface area contributed by atoms with Crippen LogP contribution in [0.3, 0.4) is 0 Å². The van der Waals surface area contributed by atoms with Crippen molar-refractivity contribution in [3.63, 3.8) is 0 Å². The molecule has 142 valence electrons. The molecule has 0 heterocycles. The van der Waals surface area contributed by atoms with Crippen molar-refractivity contribution in [3.05, 3.63) is 120 Å². The van der Waals surface area contributed by atoms with Crippen LogP contribution in [0.25, 0.3) is 0 Å². The SMILES string of the molecule is Cc1cccc(N=Cc2ccccc2P(c2ccccc2)c2ccccc2)c1C. The second-order valence-electron chi connectivity index (χ2n) is 7.04. The fourth-order valence-electron chi connectivity index (χ4n) is 3.40. The summed E-state index contributed by atoms with van der Waals surface area (Å²) in [5.74, 6) is 0. The van der Waals surface area contributed by atoms with E-state index in [0.717, 1.165) is 5.69 Å². The number of aliphatic imine (C=N–C) groups is 1. The lowest BCUT2D eigenvalue weighted by atomic mass is 10.1. The summed E-state index contributed by atoms with van der Waals surface area (Å²) in [6.07, 6.45) is 2.03. The number of aryl methyl sites for hydroxylation is 1. The van der Waals surface area contributed by atoms with Crippen LogP contribution in [0.2, 0.25) is 0 Å². The largest absolute Gasteiger partial charge is 0.256 e. The fourth-order valence-corrected chi connectivity index (χ4v) is 5.82. The average molecular weight is 393 g/mol. The topological polar surface area (TPSA) is 12.4 Å². The fraction of sp³-hybridized carbons (Fsp3) is 0.0741. The van der Waals surface area contributed by atoms with Gasteiger partial charge in [-0.25, -0.2) is 0 Å². The van der Waals surface area contributed by atoms with Crippen molar-refractivity contribution < 1.29 is 0 Å². The Morgan fingerprint density at radius 2 is 1.21 bits per heavy atom. The van der Waals surface area contributed by atoms with E-state index in [1.807, 2.05) is 6.21 Å². The normalized spacial score (nSPS) is 11.3. The van der Waals surface area contributed by atoms with Gasteiger partial charge in [0.15, 0.2) is 0 Å². The molecule has 2 heteroatoms. The zero-order chi connectivity index (χ0) is 20.1. The molecule has 4 aromatic carbocycles. The Balaban J connectivity index is 1.81. The molecule has 0 radical (unpaired) electrons. The summed E-state index contributed by atoms with van der Waals surface area (Å²) in [4.78, 5) is 4.85. The van der Waals surface area contributed by atoms with E-state index >= 15 is 0 Å². The molecule has 0 spiro atoms. The molecule has 0 amide bonds. The Hall–Kier alpha value is -3.02. The maximum Gasteiger partial charge on any atom is 0.0661 e. The third-order valence-corrected chi connectivity index (χ3v) is 7.64. The van der Waals surface area contributed by atoms with E-state index in [9.17, 15) is 0 Å². The average Bonchev–Trinajstić information content (AvgIpc) is 2.77. The van der Waals surface area contributed by atoms with E-state index < -0.39 is 7.92 Å². The third kappa shape index (κ3) is 4.36. The van der Waals surface area contributed by atoms with Gasteiger partial charge in [0.2, 0.25) is 0 Å². The molecule has 4 aromatic rings. The minimum Gasteiger partial charge on any atom is -0.256 e. The number of hydrogen-bond donors (Lipinski definition) is 0. The second kappa shape index (κ2) is 8.99. The predicted octanol–water partition coefficient (Wildman–Crippen LogP) is 5.81. The highest BCUT2D eigenvalue weighted by molar-refractivity contribution is 7.80. The van der Waals surface area contributed by atoms with E-state index in [2.05, 4.69) is 117 Å². The van der Waals surface area contributed by atoms with Crippen molar-refractivity contribution in [3.8, 4) is 0 Å². The Morgan fingerprint density at radius 3 is 1.86 bits per heavy atom. The van der Waals surface area contributed by atoms with Crippen LogP contribution < -0.4 is 15.9 Å². The molecule has 29 heavy (non-hydrogen) atoms. The maximum atomic E-state index is 4.85. The first-order valence-electron chi connectivity index (χ1n) is 9.83. The van der Waals surface area contributed by atoms with Gasteiger partial charge in [-0.2, -0.15) is 0 Å². The Morgan fingerprint density at radius 1 is 0.621 bits per heavy atom. The molecular formula is C27H24NP. The molecular weight excluding hydrogens is 369 g/mol. The van der Waals surface area contributed by atoms with Crippen molar-refractivity contribution in [2.45, 2.75) is 13.8 Å². The number of benzene rings is 4. The van der Waals surface area contributed by atoms with E-state index in [0.29, 0.717) is 0 Å². The summed E-state index contributed by atoms with van der Waals surface area (Å²) in [6.45, 7) is 4.26. The van der Waals surface area contributed by atoms with E-state index in [4.69, 9.17) is 4.99 Å². The molecule has 0 saturated heterocycles. The van der Waals surface area contributed by atoms with Crippen molar-refractivity contribution in [1.82, 2.24) is 0 Å². The summed E-state index contributed by atoms with van der Waals surface area (Å²) >= 11 is 0. The van der Waals surface area contributed by atoms with Gasteiger partial charge in [0.05, 0.1) is 5.69 Å². The van der Waals surface area contributed by atoms with Crippen LogP contribution in [-0.4, -0.2) is 6.21 Å². The summed E-state index contributed by atoms with van der Waals surface area (Å²) in [6, 6.07) is 36.5. The molecule has 0 fully saturated rings. The first-order valence-corrected chi connectivity index (χ1v) is 11.2. The Kier molecular flexibility index (Phi) is 5.98. The molecule has 0 saturated carbocycles. The first kappa shape index (κ1) is 19.3. The van der Waals surface area contributed by atoms with E-state index in [1.54, 1.807) is 0 Å². The zero-order valence-electron chi connectivity index (χ0n) is 16.8. The van der Waals surface area contributed by atoms with E-state index in [-0.39, 0.29) is 0 Å². The van der Waals surface area contributed by atoms with Gasteiger partial charge in [0.25, 0.3) is 0 Å². The van der Waals surface area contributed by atoms with Gasteiger partial charge in [-0.3, -0.25) is 4.99 Å². The number of hydrogen-bond acceptors (Lipinski definition) is 1. The van der Waals surface area contributed by atoms with Gasteiger partial charge in [0, 0.05) is 11.8 Å². The summed E-state index contributed by atoms with van der Waals surface area (Å²) in [5, 5.41) is 4.02. The lowest BCUT2D eigenvalue weighted by Crippen LogP contribution is -2.23. The lowest BCUT2D eigenvalue weighted by Gasteiger charge is -2.21. The number of nitrogens with zero attached hydrogens (tertiary/aromatic N) is 1. The Labute approximate surface area is 174 Å². The quantitative estimate of drug-likeness (QED) is 0.300. The highest BCUT2D eigenvalue weighted by Gasteiger charge is 2.18. The molecule has 0 aromatic heterocycles. The van der Waals surface area contributed by atoms with Crippen LogP contribution in [0, 0.1) is 13.8 Å². The molecule has 0 atom stereocenters. The first-order chi connectivity index (χ1) is 14.2. The summed E-state index contributed by atoms with van der Waals surface area (Å²) in [7, 11) is -0.652. The second-order valence-corrected chi connectivity index (χ2v) is 9.23. The Bertz CT molecular complexity index is 1080. The van der Waals surface area contributed by atoms with Crippen LogP contribution in [0.15, 0.2) is 108 Å². The van der Waals surface area contributed by atoms with Crippen molar-refractivity contribution in [2.75, 3.05) is 0 Å². The van der Waals surface area contributed by atoms with Gasteiger partial charge in [-0.1, -0.05) is 97.1 Å². The van der Waals surface area contributed by atoms with Crippen molar-refractivity contribution >= 4 is 35.7 Å². The van der Waals surface area contributed by atoms with Crippen LogP contribution in [0.1, 0.15) is 16.7 Å². The van der Waals surface area contributed by atoms with Gasteiger partial charge in [-0.15, -0.1) is 0 Å². The van der Waals surface area contributed by atoms with Crippen molar-refractivity contribution in [2.24, 2.45) is 4.99 Å². The number of rotatable bonds is 5. The van der Waals surface area contributed by atoms with Crippen molar-refractivity contribution in [1.29, 1.82) is 0 Å². The molecule has 0 N–H and O–H groups in total. The minimum atomic E-state index is -0.652. The maximum absolute atomic E-state index is 4.85. The van der Waals surface area contributed by atoms with Crippen LogP contribution >= 0.6 is 7.92 Å². The molecule has 0 bridgehead atoms. The van der Waals surface area contributed by atoms with Crippen LogP contribution in [0.4, 0.5) is 5.69 Å². The zero-order valence-corrected chi connectivity index (χ0v) is 17.7. The molecule has 0 unspecified atom stereocenters. The highest BCUT2D eigenvalue weighted by Crippen LogP contribution is 2.33. The highest BCUT2D eigenvalue weighted by atomic mass is 31.1. The van der Waals surface area contributed by atoms with Gasteiger partial charge >= 0.3 is 0 Å². The van der Waals surface area contributed by atoms with Crippen LogP contribution in [-0.2, 0) is 0 Å². The third-order valence-electron chi connectivity index (χ3n) is 5.13. The van der Waals surface area contributed by atoms with E-state index in [1.165, 1.54) is 32.6 Å². The van der Waals surface area contributed by atoms with Gasteiger partial charge in [-0.05, 0) is 54.9 Å². The predicted molar refractivity (Wildman–Crippen MR) is 128 cm³/mol. The summed E-state index contributed by atoms with van der Waals surface area (Å²) in [5.41, 5.74) is 4.70. The molecule has 0 aliphatic rings. The molecule has 4 rings (SSSR count). The molecule has 0 aliphatic carbocycles.